The second-order valence-electron chi connectivity index (χ2n) is 5.21. The maximum atomic E-state index is 4.21. The first-order valence-electron chi connectivity index (χ1n) is 6.83. The summed E-state index contributed by atoms with van der Waals surface area (Å²) in [5, 5.41) is 7.80. The quantitative estimate of drug-likeness (QED) is 0.753. The Hall–Kier alpha value is -0.830. The van der Waals surface area contributed by atoms with Crippen LogP contribution in [0.4, 0.5) is 0 Å². The van der Waals surface area contributed by atoms with Crippen LogP contribution in [0, 0.1) is 5.92 Å². The Kier molecular flexibility index (Phi) is 6.27. The molecule has 1 heterocycles. The van der Waals surface area contributed by atoms with E-state index in [-0.39, 0.29) is 0 Å². The average molecular weight is 237 g/mol. The molecule has 1 unspecified atom stereocenters. The first-order chi connectivity index (χ1) is 8.13. The number of aryl methyl sites for hydroxylation is 2. The van der Waals surface area contributed by atoms with Crippen LogP contribution in [-0.2, 0) is 13.5 Å². The van der Waals surface area contributed by atoms with E-state index in [1.807, 2.05) is 17.9 Å². The van der Waals surface area contributed by atoms with E-state index in [1.54, 1.807) is 0 Å². The average Bonchev–Trinajstić information content (AvgIpc) is 2.68. The predicted octanol–water partition coefficient (Wildman–Crippen LogP) is 2.77. The van der Waals surface area contributed by atoms with Gasteiger partial charge in [0.05, 0.1) is 0 Å². The van der Waals surface area contributed by atoms with Crippen molar-refractivity contribution in [2.24, 2.45) is 13.0 Å². The summed E-state index contributed by atoms with van der Waals surface area (Å²) in [7, 11) is 2.02. The second kappa shape index (κ2) is 7.49. The van der Waals surface area contributed by atoms with E-state index in [9.17, 15) is 0 Å². The minimum Gasteiger partial charge on any atom is -0.314 e. The summed E-state index contributed by atoms with van der Waals surface area (Å²) < 4.78 is 1.98. The number of hydrogen-bond acceptors (Lipinski definition) is 2. The fourth-order valence-corrected chi connectivity index (χ4v) is 2.14. The number of hydrogen-bond donors (Lipinski definition) is 1. The molecule has 98 valence electrons. The van der Waals surface area contributed by atoms with Crippen LogP contribution in [0.2, 0.25) is 0 Å². The highest BCUT2D eigenvalue weighted by Crippen LogP contribution is 2.12. The first-order valence-corrected chi connectivity index (χ1v) is 6.83. The fourth-order valence-electron chi connectivity index (χ4n) is 2.14. The first kappa shape index (κ1) is 14.2. The topological polar surface area (TPSA) is 29.9 Å². The van der Waals surface area contributed by atoms with Gasteiger partial charge in [0.15, 0.2) is 0 Å². The van der Waals surface area contributed by atoms with E-state index >= 15 is 0 Å². The van der Waals surface area contributed by atoms with Gasteiger partial charge in [-0.1, -0.05) is 20.8 Å². The highest BCUT2D eigenvalue weighted by Gasteiger charge is 2.09. The Labute approximate surface area is 106 Å². The standard InChI is InChI=1S/C14H27N3/c1-5-15-13(7-6-12(2)3)8-9-14-10-11-16-17(14)4/h10-13,15H,5-9H2,1-4H3. The van der Waals surface area contributed by atoms with Gasteiger partial charge in [-0.2, -0.15) is 5.10 Å². The second-order valence-corrected chi connectivity index (χ2v) is 5.21. The third-order valence-electron chi connectivity index (χ3n) is 3.26. The van der Waals surface area contributed by atoms with Crippen LogP contribution in [0.1, 0.15) is 45.7 Å². The minimum atomic E-state index is 0.650. The molecule has 0 amide bonds. The van der Waals surface area contributed by atoms with Crippen molar-refractivity contribution in [1.29, 1.82) is 0 Å². The van der Waals surface area contributed by atoms with Crippen LogP contribution in [0.25, 0.3) is 0 Å². The summed E-state index contributed by atoms with van der Waals surface area (Å²) in [5.74, 6) is 0.799. The molecule has 1 N–H and O–H groups in total. The summed E-state index contributed by atoms with van der Waals surface area (Å²) in [5.41, 5.74) is 1.33. The summed E-state index contributed by atoms with van der Waals surface area (Å²) >= 11 is 0. The summed E-state index contributed by atoms with van der Waals surface area (Å²) in [4.78, 5) is 0. The molecule has 1 aromatic rings. The van der Waals surface area contributed by atoms with Crippen molar-refractivity contribution in [3.8, 4) is 0 Å². The molecule has 0 saturated carbocycles. The smallest absolute Gasteiger partial charge is 0.0492 e. The van der Waals surface area contributed by atoms with Crippen molar-refractivity contribution in [2.45, 2.75) is 52.5 Å². The van der Waals surface area contributed by atoms with Gasteiger partial charge in [0.2, 0.25) is 0 Å². The van der Waals surface area contributed by atoms with E-state index in [0.29, 0.717) is 6.04 Å². The van der Waals surface area contributed by atoms with Crippen molar-refractivity contribution in [1.82, 2.24) is 15.1 Å². The summed E-state index contributed by atoms with van der Waals surface area (Å²) in [6.07, 6.45) is 6.80. The molecule has 17 heavy (non-hydrogen) atoms. The lowest BCUT2D eigenvalue weighted by Gasteiger charge is -2.18. The van der Waals surface area contributed by atoms with E-state index in [2.05, 4.69) is 37.3 Å². The highest BCUT2D eigenvalue weighted by atomic mass is 15.2. The van der Waals surface area contributed by atoms with Crippen LogP contribution in [0.15, 0.2) is 12.3 Å². The van der Waals surface area contributed by atoms with Gasteiger partial charge in [0.25, 0.3) is 0 Å². The molecule has 0 aliphatic carbocycles. The van der Waals surface area contributed by atoms with Crippen molar-refractivity contribution in [2.75, 3.05) is 6.54 Å². The molecule has 0 saturated heterocycles. The normalized spacial score (nSPS) is 13.2. The van der Waals surface area contributed by atoms with Gasteiger partial charge in [0.1, 0.15) is 0 Å². The molecule has 1 aromatic heterocycles. The van der Waals surface area contributed by atoms with E-state index < -0.39 is 0 Å². The van der Waals surface area contributed by atoms with Crippen molar-refractivity contribution < 1.29 is 0 Å². The number of aromatic nitrogens is 2. The number of nitrogens with zero attached hydrogens (tertiary/aromatic N) is 2. The molecule has 3 heteroatoms. The van der Waals surface area contributed by atoms with Gasteiger partial charge in [-0.15, -0.1) is 0 Å². The van der Waals surface area contributed by atoms with Crippen molar-refractivity contribution in [3.05, 3.63) is 18.0 Å². The Bertz CT molecular complexity index is 304. The number of rotatable bonds is 8. The van der Waals surface area contributed by atoms with Gasteiger partial charge in [-0.25, -0.2) is 0 Å². The van der Waals surface area contributed by atoms with Crippen molar-refractivity contribution >= 4 is 0 Å². The molecule has 3 nitrogen and oxygen atoms in total. The lowest BCUT2D eigenvalue weighted by atomic mass is 9.99. The highest BCUT2D eigenvalue weighted by molar-refractivity contribution is 5.00. The van der Waals surface area contributed by atoms with Crippen molar-refractivity contribution in [3.63, 3.8) is 0 Å². The van der Waals surface area contributed by atoms with Crippen LogP contribution >= 0.6 is 0 Å². The fraction of sp³-hybridized carbons (Fsp3) is 0.786. The zero-order chi connectivity index (χ0) is 12.7. The molecular formula is C14H27N3. The molecule has 0 spiro atoms. The number of nitrogens with one attached hydrogen (secondary N) is 1. The lowest BCUT2D eigenvalue weighted by molar-refractivity contribution is 0.414. The van der Waals surface area contributed by atoms with Crippen LogP contribution in [0.5, 0.6) is 0 Å². The molecule has 1 atom stereocenters. The summed E-state index contributed by atoms with van der Waals surface area (Å²) in [6.45, 7) is 7.84. The Morgan fingerprint density at radius 1 is 1.29 bits per heavy atom. The van der Waals surface area contributed by atoms with Gasteiger partial charge in [-0.3, -0.25) is 4.68 Å². The Morgan fingerprint density at radius 3 is 2.59 bits per heavy atom. The van der Waals surface area contributed by atoms with Crippen LogP contribution < -0.4 is 5.32 Å². The molecule has 1 rings (SSSR count). The van der Waals surface area contributed by atoms with Crippen LogP contribution in [0.3, 0.4) is 0 Å². The predicted molar refractivity (Wildman–Crippen MR) is 73.1 cm³/mol. The largest absolute Gasteiger partial charge is 0.314 e. The molecule has 0 radical (unpaired) electrons. The van der Waals surface area contributed by atoms with Gasteiger partial charge < -0.3 is 5.32 Å². The SMILES string of the molecule is CCNC(CCc1ccnn1C)CCC(C)C. The van der Waals surface area contributed by atoms with Gasteiger partial charge in [0, 0.05) is 25.0 Å². The third-order valence-corrected chi connectivity index (χ3v) is 3.26. The van der Waals surface area contributed by atoms with Crippen LogP contribution in [-0.4, -0.2) is 22.4 Å². The van der Waals surface area contributed by atoms with Gasteiger partial charge >= 0.3 is 0 Å². The molecule has 0 aromatic carbocycles. The molecular weight excluding hydrogens is 210 g/mol. The third kappa shape index (κ3) is 5.35. The van der Waals surface area contributed by atoms with Gasteiger partial charge in [-0.05, 0) is 44.2 Å². The molecule has 0 aliphatic rings. The maximum Gasteiger partial charge on any atom is 0.0492 e. The zero-order valence-corrected chi connectivity index (χ0v) is 11.7. The lowest BCUT2D eigenvalue weighted by Crippen LogP contribution is -2.29. The molecule has 0 fully saturated rings. The molecule has 0 aliphatic heterocycles. The zero-order valence-electron chi connectivity index (χ0n) is 11.7. The van der Waals surface area contributed by atoms with E-state index in [0.717, 1.165) is 18.9 Å². The summed E-state index contributed by atoms with van der Waals surface area (Å²) in [6, 6.07) is 2.77. The maximum absolute atomic E-state index is 4.21. The monoisotopic (exact) mass is 237 g/mol. The van der Waals surface area contributed by atoms with E-state index in [4.69, 9.17) is 0 Å². The minimum absolute atomic E-state index is 0.650. The molecule has 0 bridgehead atoms. The Morgan fingerprint density at radius 2 is 2.06 bits per heavy atom. The van der Waals surface area contributed by atoms with E-state index in [1.165, 1.54) is 25.0 Å². The Balaban J connectivity index is 2.36.